The number of nitrogens with zero attached hydrogens (tertiary/aromatic N) is 2. The highest BCUT2D eigenvalue weighted by Crippen LogP contribution is 2.35. The number of amides is 7. The summed E-state index contributed by atoms with van der Waals surface area (Å²) < 4.78 is 40.3. The number of nitrogens with two attached hydrogens (primary N) is 3. The third-order valence-electron chi connectivity index (χ3n) is 15.5. The van der Waals surface area contributed by atoms with Gasteiger partial charge in [0.05, 0.1) is 122 Å². The van der Waals surface area contributed by atoms with Crippen molar-refractivity contribution in [3.05, 3.63) is 42.0 Å². The van der Waals surface area contributed by atoms with Crippen LogP contribution in [0.15, 0.2) is 36.4 Å². The number of hydroxylamine groups is 1. The summed E-state index contributed by atoms with van der Waals surface area (Å²) in [7, 11) is 3.54. The summed E-state index contributed by atoms with van der Waals surface area (Å²) in [4.78, 5) is 116. The summed E-state index contributed by atoms with van der Waals surface area (Å²) in [5.41, 5.74) is 17.2. The number of aromatic nitrogens is 1. The molecule has 0 spiro atoms. The van der Waals surface area contributed by atoms with Crippen LogP contribution in [-0.4, -0.2) is 315 Å². The minimum absolute atomic E-state index is 0.00474. The van der Waals surface area contributed by atoms with Gasteiger partial charge in [0.15, 0.2) is 5.88 Å². The number of aliphatic carboxylic acids is 1. The first kappa shape index (κ1) is 91.3. The van der Waals surface area contributed by atoms with E-state index in [-0.39, 0.29) is 178 Å². The SMILES string of the molecule is CN(OCCOCC[18F])c1cc(O)n(CCC(=O)NCCCC[C@@H]2NC(=O)CSC[C@@H](C(=O)NCCOCCOCCOCCN[C@H](O)COC[C@@H](N)O)NC(=O)[C@H](Cc3ccccc3)N[C@@H](O)[C@@H]3CSSC[C@H](N[C@@H]2O)[C@H](O)N[C@@H](CCCNC(N)N)C(=O)NCC(=O)N[C@@H](CC(=O)O)C(=O)N3)c1O. The molecular weight excluding hydrogens is 1450 g/mol. The number of nitrogens with one attached hydrogen (secondary N) is 12. The minimum Gasteiger partial charge on any atom is -0.494 e. The summed E-state index contributed by atoms with van der Waals surface area (Å²) in [6, 6.07) is 0.233. The maximum absolute atomic E-state index is 14.7. The van der Waals surface area contributed by atoms with Crippen molar-refractivity contribution in [3.8, 4) is 11.8 Å². The number of fused-ring (bicyclic) bond motifs is 5. The number of hydrogen-bond donors (Lipinski definition) is 23. The zero-order valence-electron chi connectivity index (χ0n) is 58.7. The number of ether oxygens (including phenoxy) is 5. The van der Waals surface area contributed by atoms with Gasteiger partial charge in [0.25, 0.3) is 0 Å². The Hall–Kier alpha value is -6.12. The third kappa shape index (κ3) is 38.5. The molecule has 43 heteroatoms. The molecule has 0 radical (unpaired) electrons. The molecule has 0 aliphatic carbocycles. The molecule has 7 amide bonds. The smallest absolute Gasteiger partial charge is 0.305 e. The molecule has 12 atom stereocenters. The van der Waals surface area contributed by atoms with E-state index in [0.717, 1.165) is 37.9 Å². The number of anilines is 1. The Morgan fingerprint density at radius 1 is 0.676 bits per heavy atom. The van der Waals surface area contributed by atoms with Gasteiger partial charge in [-0.1, -0.05) is 51.9 Å². The van der Waals surface area contributed by atoms with Gasteiger partial charge in [-0.15, -0.1) is 11.8 Å². The van der Waals surface area contributed by atoms with E-state index >= 15 is 0 Å². The third-order valence-corrected chi connectivity index (χ3v) is 19.0. The molecule has 2 bridgehead atoms. The molecule has 39 nitrogen and oxygen atoms in total. The average Bonchev–Trinajstić information content (AvgIpc) is 1.70. The Bertz CT molecular complexity index is 2870. The Labute approximate surface area is 619 Å². The fraction of sp³-hybridized carbons (Fsp3) is 0.710. The van der Waals surface area contributed by atoms with Crippen LogP contribution in [-0.2, 0) is 79.8 Å². The Morgan fingerprint density at radius 2 is 1.33 bits per heavy atom. The van der Waals surface area contributed by atoms with E-state index in [1.165, 1.54) is 18.2 Å². The van der Waals surface area contributed by atoms with Crippen molar-refractivity contribution in [2.75, 3.05) is 147 Å². The van der Waals surface area contributed by atoms with Crippen LogP contribution in [0.1, 0.15) is 50.5 Å². The van der Waals surface area contributed by atoms with E-state index in [9.17, 15) is 78.5 Å². The molecule has 4 rings (SSSR count). The lowest BCUT2D eigenvalue weighted by molar-refractivity contribution is -0.141. The molecule has 1 aromatic heterocycles. The Kier molecular flexibility index (Phi) is 45.9. The normalized spacial score (nSPS) is 23.0. The number of unbranched alkanes of at least 4 members (excludes halogenated alkanes) is 1. The van der Waals surface area contributed by atoms with E-state index in [0.29, 0.717) is 12.1 Å². The molecule has 1 aromatic carbocycles. The van der Waals surface area contributed by atoms with Gasteiger partial charge in [0, 0.05) is 63.0 Å². The lowest BCUT2D eigenvalue weighted by Gasteiger charge is -2.33. The highest BCUT2D eigenvalue weighted by atomic mass is 33.1. The minimum atomic E-state index is -1.84. The van der Waals surface area contributed by atoms with Gasteiger partial charge in [-0.25, -0.2) is 4.39 Å². The van der Waals surface area contributed by atoms with Crippen molar-refractivity contribution in [1.82, 2.24) is 68.4 Å². The number of halogens is 1. The lowest BCUT2D eigenvalue weighted by Crippen LogP contribution is -2.61. The van der Waals surface area contributed by atoms with Crippen LogP contribution in [0, 0.1) is 0 Å². The molecule has 2 aliphatic heterocycles. The number of alkyl halides is 1. The van der Waals surface area contributed by atoms with Gasteiger partial charge in [-0.2, -0.15) is 0 Å². The summed E-state index contributed by atoms with van der Waals surface area (Å²) in [6.07, 6.45) is -8.79. The zero-order chi connectivity index (χ0) is 76.9. The van der Waals surface area contributed by atoms with E-state index in [4.69, 9.17) is 50.8 Å². The number of rotatable bonds is 42. The summed E-state index contributed by atoms with van der Waals surface area (Å²) >= 11 is 0.935. The fourth-order valence-electron chi connectivity index (χ4n) is 10.1. The van der Waals surface area contributed by atoms with Gasteiger partial charge in [-0.3, -0.25) is 79.4 Å². The number of carboxylic acid groups (broad SMARTS) is 1. The Morgan fingerprint density at radius 3 is 2.03 bits per heavy atom. The molecule has 0 saturated carbocycles. The predicted molar refractivity (Wildman–Crippen MR) is 384 cm³/mol. The summed E-state index contributed by atoms with van der Waals surface area (Å²) in [5, 5.41) is 121. The molecule has 598 valence electrons. The summed E-state index contributed by atoms with van der Waals surface area (Å²) in [5.74, 6) is -8.72. The van der Waals surface area contributed by atoms with E-state index in [2.05, 4.69) is 63.8 Å². The van der Waals surface area contributed by atoms with E-state index in [1.54, 1.807) is 30.3 Å². The molecule has 2 fully saturated rings. The monoisotopic (exact) mass is 1560 g/mol. The van der Waals surface area contributed by atoms with Gasteiger partial charge in [-0.05, 0) is 50.6 Å². The van der Waals surface area contributed by atoms with Crippen LogP contribution < -0.4 is 86.1 Å². The second kappa shape index (κ2) is 52.8. The molecular formula is C62H108FN17O22S3. The number of aliphatic hydroxyl groups is 5. The summed E-state index contributed by atoms with van der Waals surface area (Å²) in [6.45, 7) is -0.369. The van der Waals surface area contributed by atoms with Crippen molar-refractivity contribution < 1.29 is 112 Å². The van der Waals surface area contributed by atoms with Crippen LogP contribution in [0.2, 0.25) is 0 Å². The van der Waals surface area contributed by atoms with Crippen molar-refractivity contribution in [1.29, 1.82) is 0 Å². The van der Waals surface area contributed by atoms with Crippen LogP contribution in [0.5, 0.6) is 11.8 Å². The first-order valence-corrected chi connectivity index (χ1v) is 37.9. The predicted octanol–water partition coefficient (Wildman–Crippen LogP) is -7.39. The highest BCUT2D eigenvalue weighted by molar-refractivity contribution is 8.76. The van der Waals surface area contributed by atoms with Crippen LogP contribution in [0.4, 0.5) is 10.1 Å². The van der Waals surface area contributed by atoms with E-state index < -0.39 is 153 Å². The van der Waals surface area contributed by atoms with E-state index in [1.807, 2.05) is 0 Å². The number of aliphatic hydroxyl groups excluding tert-OH is 5. The van der Waals surface area contributed by atoms with Crippen LogP contribution in [0.3, 0.4) is 0 Å². The molecule has 2 saturated heterocycles. The first-order chi connectivity index (χ1) is 50.3. The molecule has 105 heavy (non-hydrogen) atoms. The number of aromatic hydroxyl groups is 2. The molecule has 3 heterocycles. The van der Waals surface area contributed by atoms with Gasteiger partial charge in [0.1, 0.15) is 61.9 Å². The lowest BCUT2D eigenvalue weighted by atomic mass is 10.0. The van der Waals surface area contributed by atoms with Crippen molar-refractivity contribution in [2.45, 2.75) is 138 Å². The highest BCUT2D eigenvalue weighted by Gasteiger charge is 2.36. The second-order valence-corrected chi connectivity index (χ2v) is 27.6. The molecule has 26 N–H and O–H groups in total. The number of hydrogen-bond acceptors (Lipinski definition) is 33. The zero-order valence-corrected chi connectivity index (χ0v) is 61.2. The Balaban J connectivity index is 1.61. The largest absolute Gasteiger partial charge is 0.494 e. The number of carbonyl (C=O) groups excluding carboxylic acids is 7. The fourth-order valence-corrected chi connectivity index (χ4v) is 13.4. The number of benzene rings is 1. The van der Waals surface area contributed by atoms with Crippen molar-refractivity contribution >= 4 is 86.4 Å². The number of carbonyl (C=O) groups is 8. The maximum Gasteiger partial charge on any atom is 0.305 e. The van der Waals surface area contributed by atoms with Crippen LogP contribution >= 0.6 is 33.3 Å². The van der Waals surface area contributed by atoms with Gasteiger partial charge in [0.2, 0.25) is 47.2 Å². The van der Waals surface area contributed by atoms with Crippen molar-refractivity contribution in [3.63, 3.8) is 0 Å². The second-order valence-electron chi connectivity index (χ2n) is 24.0. The maximum atomic E-state index is 14.7. The van der Waals surface area contributed by atoms with Gasteiger partial charge < -0.3 is 119 Å². The van der Waals surface area contributed by atoms with Crippen LogP contribution in [0.25, 0.3) is 0 Å². The molecule has 2 aliphatic rings. The quantitative estimate of drug-likeness (QED) is 0.0127. The van der Waals surface area contributed by atoms with Gasteiger partial charge >= 0.3 is 5.97 Å². The molecule has 2 aromatic rings. The molecule has 0 unspecified atom stereocenters. The van der Waals surface area contributed by atoms with Crippen molar-refractivity contribution in [2.24, 2.45) is 17.2 Å². The first-order valence-electron chi connectivity index (χ1n) is 34.3. The number of carboxylic acids is 1. The average molecular weight is 1560 g/mol. The topological polar surface area (TPSA) is 584 Å². The number of thioether (sulfide) groups is 1. The standard InChI is InChI=1S/C62H108FN17O22S3/c1-79(102-27-26-97-19-13-63)46-30-52(86)80(61(46)96)18-12-48(82)67-14-6-5-10-40-56(91)77-44-35-104-105-36-45(78-58(93)42(29-53(87)88)73-49(83)31-71-54(89)39(74-59(44)94)11-7-15-70-62(65)66)60(95)75-41(28-38-8-3-2-4-9-38)57(92)76-43(34-103-37-51(85)72-40)55(90)69-17-21-99-23-25-100-24-22-98-20-16-68-50(84)33-101-32-47(64)81/h2-4,8-9,30,39-45,47,50,56,59-60,62,68,70,74-75,77,81,84,86,91,94-96H,5-7,10-29,31-37,64-66H2,1H3,(H,67,82)(H,69,90)(H,71,89)(H,72,85)(H,73,83)(H,76,92)(H,78,93)(H,87,88)/t39-,40-,41-,42-,43-,44-,45-,47-,50+,56+,59-,60-/m0/s1/i63-1.